The van der Waals surface area contributed by atoms with E-state index < -0.39 is 15.5 Å². The van der Waals surface area contributed by atoms with Crippen molar-refractivity contribution in [2.45, 2.75) is 56.0 Å². The van der Waals surface area contributed by atoms with Crippen LogP contribution in [0.5, 0.6) is 0 Å². The van der Waals surface area contributed by atoms with Gasteiger partial charge in [-0.05, 0) is 150 Å². The van der Waals surface area contributed by atoms with Gasteiger partial charge in [0, 0.05) is 45.1 Å². The SMILES string of the molecule is CC1C=CC2(C)C3=C1C(C)(Br)C(=CC3C)C1=C(C=C=C=C1)C1(O)c3cc(N(C4=CC=CCC4)c4ccccc4)ccc3-c3ccccc3-c3ccc(cc31)N2c1ccccc1. The molecule has 0 saturated heterocycles. The summed E-state index contributed by atoms with van der Waals surface area (Å²) in [4.78, 5) is 4.87. The molecule has 1 N–H and O–H groups in total. The van der Waals surface area contributed by atoms with Gasteiger partial charge in [0.2, 0.25) is 0 Å². The molecule has 5 aromatic rings. The van der Waals surface area contributed by atoms with Crippen LogP contribution in [0.2, 0.25) is 0 Å². The number of halogens is 1. The second-order valence-corrected chi connectivity index (χ2v) is 19.2. The Labute approximate surface area is 367 Å². The molecule has 0 saturated carbocycles. The molecule has 0 spiro atoms. The zero-order valence-electron chi connectivity index (χ0n) is 35.0. The van der Waals surface area contributed by atoms with Crippen LogP contribution in [-0.2, 0) is 5.60 Å². The van der Waals surface area contributed by atoms with E-state index in [1.54, 1.807) is 0 Å². The molecule has 0 aromatic heterocycles. The van der Waals surface area contributed by atoms with Crippen LogP contribution in [0.1, 0.15) is 51.7 Å². The lowest BCUT2D eigenvalue weighted by Crippen LogP contribution is -2.51. The Bertz CT molecular complexity index is 2980. The Hall–Kier alpha value is -6.12. The minimum absolute atomic E-state index is 0.0820. The Kier molecular flexibility index (Phi) is 8.66. The van der Waals surface area contributed by atoms with Crippen LogP contribution in [0.4, 0.5) is 22.7 Å². The fourth-order valence-electron chi connectivity index (χ4n) is 11.4. The average Bonchev–Trinajstić information content (AvgIpc) is 3.37. The Balaban J connectivity index is 1.30. The van der Waals surface area contributed by atoms with Gasteiger partial charge in [-0.3, -0.25) is 0 Å². The van der Waals surface area contributed by atoms with E-state index in [0.29, 0.717) is 0 Å². The van der Waals surface area contributed by atoms with Gasteiger partial charge in [-0.15, -0.1) is 0 Å². The van der Waals surface area contributed by atoms with E-state index in [1.165, 1.54) is 16.8 Å². The highest BCUT2D eigenvalue weighted by Crippen LogP contribution is 2.60. The lowest BCUT2D eigenvalue weighted by molar-refractivity contribution is 0.125. The van der Waals surface area contributed by atoms with E-state index in [2.05, 4.69) is 229 Å². The number of nitrogens with zero attached hydrogens (tertiary/aromatic N) is 2. The van der Waals surface area contributed by atoms with E-state index >= 15 is 0 Å². The topological polar surface area (TPSA) is 26.7 Å². The van der Waals surface area contributed by atoms with Crippen LogP contribution in [0.15, 0.2) is 215 Å². The predicted octanol–water partition coefficient (Wildman–Crippen LogP) is 14.3. The fraction of sp³-hybridized carbons (Fsp3) is 0.193. The highest BCUT2D eigenvalue weighted by molar-refractivity contribution is 9.10. The quantitative estimate of drug-likeness (QED) is 0.111. The number of benzene rings is 5. The zero-order valence-corrected chi connectivity index (χ0v) is 36.5. The van der Waals surface area contributed by atoms with Crippen molar-refractivity contribution in [3.63, 3.8) is 0 Å². The van der Waals surface area contributed by atoms with Gasteiger partial charge in [-0.2, -0.15) is 0 Å². The lowest BCUT2D eigenvalue weighted by atomic mass is 9.62. The fourth-order valence-corrected chi connectivity index (χ4v) is 12.3. The summed E-state index contributed by atoms with van der Waals surface area (Å²) in [7, 11) is 0. The van der Waals surface area contributed by atoms with Crippen molar-refractivity contribution in [3.05, 3.63) is 226 Å². The van der Waals surface area contributed by atoms with Gasteiger partial charge in [-0.1, -0.05) is 144 Å². The minimum Gasteiger partial charge on any atom is -0.376 e. The first-order valence-corrected chi connectivity index (χ1v) is 22.4. The van der Waals surface area contributed by atoms with Crippen LogP contribution < -0.4 is 9.80 Å². The third-order valence-corrected chi connectivity index (χ3v) is 14.8. The molecule has 5 aliphatic carbocycles. The van der Waals surface area contributed by atoms with E-state index in [0.717, 1.165) is 85.7 Å². The van der Waals surface area contributed by atoms with E-state index in [4.69, 9.17) is 0 Å². The third-order valence-electron chi connectivity index (χ3n) is 14.0. The van der Waals surface area contributed by atoms with Crippen molar-refractivity contribution in [3.8, 4) is 22.3 Å². The maximum atomic E-state index is 14.8. The number of allylic oxidation sites excluding steroid dienone is 10. The first-order chi connectivity index (χ1) is 29.6. The van der Waals surface area contributed by atoms with Crippen LogP contribution >= 0.6 is 15.9 Å². The predicted molar refractivity (Wildman–Crippen MR) is 255 cm³/mol. The van der Waals surface area contributed by atoms with Crippen molar-refractivity contribution in [1.82, 2.24) is 0 Å². The molecule has 5 unspecified atom stereocenters. The lowest BCUT2D eigenvalue weighted by Gasteiger charge is -2.53. The number of hydrogen-bond donors (Lipinski definition) is 1. The molecule has 2 aliphatic heterocycles. The number of aliphatic hydroxyl groups is 1. The molecular weight excluding hydrogens is 809 g/mol. The molecule has 7 aliphatic rings. The summed E-state index contributed by atoms with van der Waals surface area (Å²) in [5.74, 6) is 0.255. The normalized spacial score (nSPS) is 26.4. The van der Waals surface area contributed by atoms with E-state index in [-0.39, 0.29) is 11.8 Å². The van der Waals surface area contributed by atoms with Crippen LogP contribution in [-0.4, -0.2) is 15.0 Å². The van der Waals surface area contributed by atoms with Crippen molar-refractivity contribution < 1.29 is 5.11 Å². The van der Waals surface area contributed by atoms with E-state index in [1.807, 2.05) is 6.08 Å². The minimum atomic E-state index is -1.65. The Morgan fingerprint density at radius 3 is 2.10 bits per heavy atom. The van der Waals surface area contributed by atoms with Crippen molar-refractivity contribution in [2.24, 2.45) is 11.8 Å². The largest absolute Gasteiger partial charge is 0.376 e. The zero-order chi connectivity index (χ0) is 41.7. The second-order valence-electron chi connectivity index (χ2n) is 17.6. The number of hydrogen-bond acceptors (Lipinski definition) is 3. The number of alkyl halides is 1. The summed E-state index contributed by atoms with van der Waals surface area (Å²) in [6.45, 7) is 9.35. The van der Waals surface area contributed by atoms with Gasteiger partial charge < -0.3 is 14.9 Å². The highest BCUT2D eigenvalue weighted by Gasteiger charge is 2.52. The molecule has 2 heterocycles. The molecule has 5 atom stereocenters. The van der Waals surface area contributed by atoms with Gasteiger partial charge in [0.15, 0.2) is 0 Å². The molecular formula is C57H47BrN2O. The molecule has 0 fully saturated rings. The van der Waals surface area contributed by atoms with Crippen molar-refractivity contribution in [2.75, 3.05) is 9.80 Å². The summed E-state index contributed by atoms with van der Waals surface area (Å²) in [6, 6.07) is 43.6. The summed E-state index contributed by atoms with van der Waals surface area (Å²) in [5.41, 5.74) is 21.3. The van der Waals surface area contributed by atoms with E-state index in [9.17, 15) is 5.11 Å². The second kappa shape index (κ2) is 14.0. The molecule has 3 nitrogen and oxygen atoms in total. The van der Waals surface area contributed by atoms with Gasteiger partial charge >= 0.3 is 0 Å². The number of anilines is 4. The Morgan fingerprint density at radius 1 is 0.705 bits per heavy atom. The van der Waals surface area contributed by atoms with Crippen molar-refractivity contribution >= 4 is 38.7 Å². The van der Waals surface area contributed by atoms with Gasteiger partial charge in [-0.25, -0.2) is 0 Å². The first kappa shape index (κ1) is 37.8. The maximum absolute atomic E-state index is 14.8. The van der Waals surface area contributed by atoms with Crippen molar-refractivity contribution in [1.29, 1.82) is 0 Å². The Morgan fingerprint density at radius 2 is 1.38 bits per heavy atom. The van der Waals surface area contributed by atoms with Gasteiger partial charge in [0.25, 0.3) is 0 Å². The number of rotatable bonds is 4. The number of fused-ring (bicyclic) bond motifs is 5. The summed E-state index contributed by atoms with van der Waals surface area (Å²) >= 11 is 4.44. The summed E-state index contributed by atoms with van der Waals surface area (Å²) < 4.78 is -0.567. The summed E-state index contributed by atoms with van der Waals surface area (Å²) in [6.07, 6.45) is 19.8. The molecule has 0 amide bonds. The molecule has 5 aromatic carbocycles. The van der Waals surface area contributed by atoms with Crippen LogP contribution in [0, 0.1) is 11.8 Å². The monoisotopic (exact) mass is 854 g/mol. The first-order valence-electron chi connectivity index (χ1n) is 21.6. The molecule has 61 heavy (non-hydrogen) atoms. The summed E-state index contributed by atoms with van der Waals surface area (Å²) in [5, 5.41) is 14.8. The molecule has 298 valence electrons. The molecule has 12 rings (SSSR count). The maximum Gasteiger partial charge on any atom is 0.143 e. The van der Waals surface area contributed by atoms with Gasteiger partial charge in [0.1, 0.15) is 5.60 Å². The number of para-hydroxylation sites is 2. The smallest absolute Gasteiger partial charge is 0.143 e. The average molecular weight is 856 g/mol. The third kappa shape index (κ3) is 5.53. The van der Waals surface area contributed by atoms with Crippen LogP contribution in [0.25, 0.3) is 22.3 Å². The van der Waals surface area contributed by atoms with Crippen LogP contribution in [0.3, 0.4) is 0 Å². The highest BCUT2D eigenvalue weighted by atomic mass is 79.9. The van der Waals surface area contributed by atoms with Gasteiger partial charge in [0.05, 0.1) is 9.86 Å². The molecule has 4 heteroatoms. The molecule has 0 radical (unpaired) electrons. The standard InChI is InChI=1S/C57H47BrN2O/c1-37-32-33-55(3)53-38(2)34-50(56(4,58)54(37)53)48-26-16-17-27-49(48)57(61)51-35-42(59(39-18-8-5-9-19-39)40-20-10-6-11-21-40)28-30-46(51)44-24-14-15-25-45(44)47-31-29-43(36-52(47)57)60(55)41-22-12-7-13-23-41/h5-10,12-15,18-20,22-38,61H,11,21H2,1-4H3. The molecule has 6 bridgehead atoms.